The third kappa shape index (κ3) is 6.73. The highest BCUT2D eigenvalue weighted by atomic mass is 35.5. The Balaban J connectivity index is 1.34. The Kier molecular flexibility index (Phi) is 9.07. The molecule has 0 aliphatic carbocycles. The smallest absolute Gasteiger partial charge is 0.416 e. The molecule has 0 spiro atoms. The number of rotatable bonds is 9. The van der Waals surface area contributed by atoms with Crippen molar-refractivity contribution >= 4 is 34.8 Å². The summed E-state index contributed by atoms with van der Waals surface area (Å²) in [6, 6.07) is 16.0. The molecule has 0 bridgehead atoms. The summed E-state index contributed by atoms with van der Waals surface area (Å²) in [5, 5.41) is 0.843. The van der Waals surface area contributed by atoms with Crippen molar-refractivity contribution in [2.45, 2.75) is 25.4 Å². The molecule has 2 N–H and O–H groups in total. The molecule has 10 heteroatoms. The fourth-order valence-electron chi connectivity index (χ4n) is 4.42. The van der Waals surface area contributed by atoms with Crippen LogP contribution in [0.3, 0.4) is 0 Å². The maximum atomic E-state index is 13.4. The lowest BCUT2D eigenvalue weighted by Crippen LogP contribution is -2.42. The van der Waals surface area contributed by atoms with Crippen LogP contribution in [0.2, 0.25) is 10.0 Å². The summed E-state index contributed by atoms with van der Waals surface area (Å²) < 4.78 is 50.7. The van der Waals surface area contributed by atoms with Crippen LogP contribution in [-0.2, 0) is 23.8 Å². The Morgan fingerprint density at radius 3 is 2.34 bits per heavy atom. The Morgan fingerprint density at radius 1 is 1.00 bits per heavy atom. The quantitative estimate of drug-likeness (QED) is 0.297. The number of anilines is 1. The zero-order valence-corrected chi connectivity index (χ0v) is 22.0. The van der Waals surface area contributed by atoms with E-state index >= 15 is 0 Å². The van der Waals surface area contributed by atoms with Crippen molar-refractivity contribution < 1.29 is 27.4 Å². The first kappa shape index (κ1) is 28.1. The molecule has 1 unspecified atom stereocenters. The van der Waals surface area contributed by atoms with Crippen molar-refractivity contribution in [3.63, 3.8) is 0 Å². The standard InChI is InChI=1S/C28H27Cl2F3N2O3/c29-23-4-1-5-24(30)26(23)38-14-13-37-22-9-6-18(7-10-22)15-20(17-34)27(36)35-12-2-3-19-16-21(28(31,32)33)8-11-25(19)35/h1,4-11,16,20H,2-3,12-15,17,34H2. The maximum Gasteiger partial charge on any atom is 0.416 e. The molecule has 3 aromatic carbocycles. The minimum atomic E-state index is -4.42. The SMILES string of the molecule is NCC(Cc1ccc(OCCOc2c(Cl)cccc2Cl)cc1)C(=O)N1CCCc2cc(C(F)(F)F)ccc21. The van der Waals surface area contributed by atoms with Gasteiger partial charge in [-0.25, -0.2) is 0 Å². The maximum absolute atomic E-state index is 13.4. The summed E-state index contributed by atoms with van der Waals surface area (Å²) in [6.07, 6.45) is -2.94. The number of benzene rings is 3. The number of carbonyl (C=O) groups is 1. The topological polar surface area (TPSA) is 64.8 Å². The molecule has 0 aromatic heterocycles. The van der Waals surface area contributed by atoms with Crippen LogP contribution in [-0.4, -0.2) is 32.2 Å². The van der Waals surface area contributed by atoms with Crippen LogP contribution < -0.4 is 20.1 Å². The number of fused-ring (bicyclic) bond motifs is 1. The molecule has 1 heterocycles. The van der Waals surface area contributed by atoms with Crippen LogP contribution in [0.4, 0.5) is 18.9 Å². The molecular formula is C28H27Cl2F3N2O3. The highest BCUT2D eigenvalue weighted by molar-refractivity contribution is 6.37. The fourth-order valence-corrected chi connectivity index (χ4v) is 4.93. The fraction of sp³-hybridized carbons (Fsp3) is 0.321. The van der Waals surface area contributed by atoms with Gasteiger partial charge >= 0.3 is 6.18 Å². The van der Waals surface area contributed by atoms with Gasteiger partial charge in [0, 0.05) is 18.8 Å². The molecule has 0 fully saturated rings. The molecule has 0 saturated heterocycles. The van der Waals surface area contributed by atoms with Gasteiger partial charge in [0.05, 0.1) is 21.5 Å². The van der Waals surface area contributed by atoms with Crippen LogP contribution in [0.25, 0.3) is 0 Å². The molecule has 5 nitrogen and oxygen atoms in total. The summed E-state index contributed by atoms with van der Waals surface area (Å²) in [7, 11) is 0. The molecule has 202 valence electrons. The van der Waals surface area contributed by atoms with Gasteiger partial charge in [0.15, 0.2) is 5.75 Å². The van der Waals surface area contributed by atoms with E-state index in [4.69, 9.17) is 38.4 Å². The van der Waals surface area contributed by atoms with E-state index in [9.17, 15) is 18.0 Å². The third-order valence-electron chi connectivity index (χ3n) is 6.35. The molecule has 0 saturated carbocycles. The third-order valence-corrected chi connectivity index (χ3v) is 6.94. The van der Waals surface area contributed by atoms with Crippen molar-refractivity contribution in [2.75, 3.05) is 31.2 Å². The summed E-state index contributed by atoms with van der Waals surface area (Å²) in [4.78, 5) is 14.9. The Labute approximate surface area is 229 Å². The van der Waals surface area contributed by atoms with Gasteiger partial charge in [0.2, 0.25) is 5.91 Å². The molecule has 1 aliphatic rings. The van der Waals surface area contributed by atoms with Gasteiger partial charge in [-0.1, -0.05) is 41.4 Å². The zero-order valence-electron chi connectivity index (χ0n) is 20.4. The van der Waals surface area contributed by atoms with E-state index in [1.807, 2.05) is 12.1 Å². The molecule has 1 amide bonds. The molecule has 4 rings (SSSR count). The Bertz CT molecular complexity index is 1250. The molecule has 38 heavy (non-hydrogen) atoms. The second kappa shape index (κ2) is 12.3. The number of halogens is 5. The van der Waals surface area contributed by atoms with Gasteiger partial charge in [-0.15, -0.1) is 0 Å². The van der Waals surface area contributed by atoms with E-state index in [0.29, 0.717) is 58.6 Å². The van der Waals surface area contributed by atoms with Gasteiger partial charge in [0.1, 0.15) is 19.0 Å². The van der Waals surface area contributed by atoms with Gasteiger partial charge in [-0.05, 0) is 72.9 Å². The summed E-state index contributed by atoms with van der Waals surface area (Å²) in [5.41, 5.74) is 7.19. The van der Waals surface area contributed by atoms with Gasteiger partial charge in [0.25, 0.3) is 0 Å². The predicted octanol–water partition coefficient (Wildman–Crippen LogP) is 6.57. The predicted molar refractivity (Wildman–Crippen MR) is 142 cm³/mol. The van der Waals surface area contributed by atoms with Crippen LogP contribution in [0.15, 0.2) is 60.7 Å². The second-order valence-electron chi connectivity index (χ2n) is 8.96. The average molecular weight is 567 g/mol. The molecular weight excluding hydrogens is 540 g/mol. The summed E-state index contributed by atoms with van der Waals surface area (Å²) in [5.74, 6) is 0.334. The Morgan fingerprint density at radius 2 is 1.68 bits per heavy atom. The zero-order chi connectivity index (χ0) is 27.3. The molecule has 3 aromatic rings. The number of para-hydroxylation sites is 1. The van der Waals surface area contributed by atoms with Crippen molar-refractivity contribution in [1.82, 2.24) is 0 Å². The molecule has 0 radical (unpaired) electrons. The molecule has 1 aliphatic heterocycles. The number of nitrogens with two attached hydrogens (primary N) is 1. The van der Waals surface area contributed by atoms with Crippen LogP contribution in [0, 0.1) is 5.92 Å². The minimum absolute atomic E-state index is 0.117. The van der Waals surface area contributed by atoms with Crippen LogP contribution in [0.5, 0.6) is 11.5 Å². The highest BCUT2D eigenvalue weighted by Crippen LogP contribution is 2.36. The van der Waals surface area contributed by atoms with E-state index in [1.54, 1.807) is 35.2 Å². The van der Waals surface area contributed by atoms with E-state index in [-0.39, 0.29) is 25.7 Å². The van der Waals surface area contributed by atoms with E-state index < -0.39 is 17.7 Å². The lowest BCUT2D eigenvalue weighted by atomic mass is 9.94. The normalized spacial score (nSPS) is 14.1. The van der Waals surface area contributed by atoms with Crippen LogP contribution >= 0.6 is 23.2 Å². The first-order valence-corrected chi connectivity index (χ1v) is 12.9. The number of hydrogen-bond donors (Lipinski definition) is 1. The summed E-state index contributed by atoms with van der Waals surface area (Å²) >= 11 is 12.2. The van der Waals surface area contributed by atoms with E-state index in [2.05, 4.69) is 0 Å². The molecule has 1 atom stereocenters. The van der Waals surface area contributed by atoms with E-state index in [1.165, 1.54) is 6.07 Å². The van der Waals surface area contributed by atoms with Crippen molar-refractivity contribution in [1.29, 1.82) is 0 Å². The first-order chi connectivity index (χ1) is 18.2. The monoisotopic (exact) mass is 566 g/mol. The first-order valence-electron chi connectivity index (χ1n) is 12.2. The largest absolute Gasteiger partial charge is 0.490 e. The van der Waals surface area contributed by atoms with Gasteiger partial charge in [-0.3, -0.25) is 4.79 Å². The van der Waals surface area contributed by atoms with Gasteiger partial charge in [-0.2, -0.15) is 13.2 Å². The number of carbonyl (C=O) groups excluding carboxylic acids is 1. The van der Waals surface area contributed by atoms with Crippen LogP contribution in [0.1, 0.15) is 23.1 Å². The lowest BCUT2D eigenvalue weighted by molar-refractivity contribution is -0.137. The van der Waals surface area contributed by atoms with Crippen molar-refractivity contribution in [2.24, 2.45) is 11.7 Å². The minimum Gasteiger partial charge on any atom is -0.490 e. The van der Waals surface area contributed by atoms with Gasteiger partial charge < -0.3 is 20.1 Å². The number of hydrogen-bond acceptors (Lipinski definition) is 4. The lowest BCUT2D eigenvalue weighted by Gasteiger charge is -2.32. The highest BCUT2D eigenvalue weighted by Gasteiger charge is 2.33. The Hall–Kier alpha value is -2.94. The van der Waals surface area contributed by atoms with Crippen molar-refractivity contribution in [3.05, 3.63) is 87.4 Å². The number of alkyl halides is 3. The second-order valence-corrected chi connectivity index (χ2v) is 9.78. The summed E-state index contributed by atoms with van der Waals surface area (Å²) in [6.45, 7) is 1.08. The van der Waals surface area contributed by atoms with E-state index in [0.717, 1.165) is 17.7 Å². The van der Waals surface area contributed by atoms with Crippen molar-refractivity contribution in [3.8, 4) is 11.5 Å². The number of aryl methyl sites for hydroxylation is 1. The average Bonchev–Trinajstić information content (AvgIpc) is 2.90. The number of nitrogens with zero attached hydrogens (tertiary/aromatic N) is 1. The number of amides is 1. The number of ether oxygens (including phenoxy) is 2.